The van der Waals surface area contributed by atoms with Gasteiger partial charge in [-0.15, -0.1) is 0 Å². The highest BCUT2D eigenvalue weighted by Crippen LogP contribution is 2.19. The largest absolute Gasteiger partial charge is 0.331 e. The van der Waals surface area contributed by atoms with E-state index < -0.39 is 0 Å². The van der Waals surface area contributed by atoms with E-state index in [0.717, 1.165) is 19.4 Å². The zero-order valence-corrected chi connectivity index (χ0v) is 12.5. The Morgan fingerprint density at radius 2 is 2.11 bits per heavy atom. The van der Waals surface area contributed by atoms with E-state index in [1.807, 2.05) is 23.1 Å². The van der Waals surface area contributed by atoms with Crippen LogP contribution in [-0.2, 0) is 11.3 Å². The van der Waals surface area contributed by atoms with Gasteiger partial charge in [0.25, 0.3) is 0 Å². The van der Waals surface area contributed by atoms with Crippen LogP contribution in [0.5, 0.6) is 0 Å². The molecule has 0 heterocycles. The van der Waals surface area contributed by atoms with Gasteiger partial charge in [0.15, 0.2) is 0 Å². The summed E-state index contributed by atoms with van der Waals surface area (Å²) in [4.78, 5) is 14.1. The van der Waals surface area contributed by atoms with E-state index in [4.69, 9.17) is 0 Å². The molecule has 96 valence electrons. The van der Waals surface area contributed by atoms with Crippen LogP contribution in [0.4, 0.5) is 0 Å². The Kier molecular flexibility index (Phi) is 5.23. The van der Waals surface area contributed by atoms with Crippen LogP contribution in [0.3, 0.4) is 0 Å². The highest BCUT2D eigenvalue weighted by atomic mass is 127. The third kappa shape index (κ3) is 3.57. The summed E-state index contributed by atoms with van der Waals surface area (Å²) in [6.07, 6.45) is 7.81. The summed E-state index contributed by atoms with van der Waals surface area (Å²) in [5, 5.41) is 0. The second-order valence-electron chi connectivity index (χ2n) is 4.57. The number of carbonyl (C=O) groups excluding carboxylic acids is 1. The number of halogens is 1. The number of allylic oxidation sites excluding steroid dienone is 1. The maximum Gasteiger partial charge on any atom is 0.233 e. The number of carbonyl (C=O) groups is 1. The van der Waals surface area contributed by atoms with Crippen molar-refractivity contribution in [3.63, 3.8) is 0 Å². The van der Waals surface area contributed by atoms with Gasteiger partial charge in [-0.25, -0.2) is 0 Å². The van der Waals surface area contributed by atoms with Crippen LogP contribution in [0.15, 0.2) is 42.5 Å². The summed E-state index contributed by atoms with van der Waals surface area (Å²) < 4.78 is 0.551. The van der Waals surface area contributed by atoms with Crippen molar-refractivity contribution in [3.8, 4) is 0 Å². The van der Waals surface area contributed by atoms with Crippen LogP contribution in [0.2, 0.25) is 0 Å². The molecule has 0 saturated carbocycles. The van der Waals surface area contributed by atoms with Gasteiger partial charge in [0, 0.05) is 6.54 Å². The quantitative estimate of drug-likeness (QED) is 0.460. The van der Waals surface area contributed by atoms with Crippen molar-refractivity contribution < 1.29 is 4.79 Å². The predicted molar refractivity (Wildman–Crippen MR) is 82.7 cm³/mol. The number of amides is 1. The van der Waals surface area contributed by atoms with Crippen LogP contribution in [-0.4, -0.2) is 21.3 Å². The van der Waals surface area contributed by atoms with Gasteiger partial charge >= 0.3 is 0 Å². The average molecular weight is 355 g/mol. The molecule has 0 bridgehead atoms. The lowest BCUT2D eigenvalue weighted by molar-refractivity contribution is -0.130. The van der Waals surface area contributed by atoms with Crippen LogP contribution in [0, 0.1) is 0 Å². The van der Waals surface area contributed by atoms with Crippen LogP contribution >= 0.6 is 22.6 Å². The van der Waals surface area contributed by atoms with Crippen molar-refractivity contribution in [1.82, 2.24) is 4.90 Å². The lowest BCUT2D eigenvalue weighted by atomic mass is 10.0. The first-order valence-electron chi connectivity index (χ1n) is 6.37. The molecular formula is C15H18INO. The summed E-state index contributed by atoms with van der Waals surface area (Å²) in [5.41, 5.74) is 1.20. The fourth-order valence-corrected chi connectivity index (χ4v) is 2.74. The minimum atomic E-state index is 0.232. The summed E-state index contributed by atoms with van der Waals surface area (Å²) in [7, 11) is 0. The Morgan fingerprint density at radius 1 is 1.33 bits per heavy atom. The molecule has 1 aliphatic rings. The van der Waals surface area contributed by atoms with Crippen LogP contribution in [0.25, 0.3) is 0 Å². The molecule has 0 spiro atoms. The molecule has 18 heavy (non-hydrogen) atoms. The number of benzene rings is 1. The zero-order valence-electron chi connectivity index (χ0n) is 10.4. The molecule has 0 fully saturated rings. The van der Waals surface area contributed by atoms with Gasteiger partial charge < -0.3 is 4.90 Å². The Balaban J connectivity index is 2.12. The fourth-order valence-electron chi connectivity index (χ4n) is 2.30. The Hall–Kier alpha value is -0.840. The maximum atomic E-state index is 12.1. The van der Waals surface area contributed by atoms with Crippen molar-refractivity contribution >= 4 is 28.5 Å². The van der Waals surface area contributed by atoms with Gasteiger partial charge in [-0.1, -0.05) is 65.1 Å². The van der Waals surface area contributed by atoms with Gasteiger partial charge in [0.05, 0.1) is 10.5 Å². The van der Waals surface area contributed by atoms with E-state index >= 15 is 0 Å². The number of alkyl halides is 1. The van der Waals surface area contributed by atoms with Crippen molar-refractivity contribution in [2.24, 2.45) is 0 Å². The topological polar surface area (TPSA) is 20.3 Å². The van der Waals surface area contributed by atoms with Crippen molar-refractivity contribution in [2.75, 3.05) is 4.43 Å². The molecule has 2 rings (SSSR count). The third-order valence-corrected chi connectivity index (χ3v) is 3.91. The average Bonchev–Trinajstić information content (AvgIpc) is 2.46. The molecule has 1 amide bonds. The molecule has 0 saturated heterocycles. The van der Waals surface area contributed by atoms with E-state index in [9.17, 15) is 4.79 Å². The second-order valence-corrected chi connectivity index (χ2v) is 5.33. The minimum absolute atomic E-state index is 0.232. The molecule has 0 aromatic heterocycles. The van der Waals surface area contributed by atoms with E-state index in [1.54, 1.807) is 0 Å². The van der Waals surface area contributed by atoms with E-state index in [-0.39, 0.29) is 11.9 Å². The molecule has 0 N–H and O–H groups in total. The Bertz CT molecular complexity index is 416. The van der Waals surface area contributed by atoms with Gasteiger partial charge in [-0.3, -0.25) is 4.79 Å². The molecule has 0 radical (unpaired) electrons. The molecule has 1 aliphatic carbocycles. The summed E-state index contributed by atoms with van der Waals surface area (Å²) >= 11 is 2.15. The molecule has 1 aromatic carbocycles. The van der Waals surface area contributed by atoms with E-state index in [1.165, 1.54) is 12.0 Å². The smallest absolute Gasteiger partial charge is 0.233 e. The minimum Gasteiger partial charge on any atom is -0.331 e. The standard InChI is InChI=1S/C15H18INO/c16-11-15(18)17(14-9-5-2-6-10-14)12-13-7-3-1-4-8-13/h1,3-5,7-9,14H,2,6,10-12H2. The van der Waals surface area contributed by atoms with Crippen LogP contribution in [0.1, 0.15) is 24.8 Å². The molecule has 1 unspecified atom stereocenters. The normalized spacial score (nSPS) is 18.6. The molecule has 1 atom stereocenters. The number of hydrogen-bond donors (Lipinski definition) is 0. The first-order valence-corrected chi connectivity index (χ1v) is 7.90. The highest BCUT2D eigenvalue weighted by molar-refractivity contribution is 14.1. The summed E-state index contributed by atoms with van der Waals surface area (Å²) in [5.74, 6) is 0.232. The first-order chi connectivity index (χ1) is 8.81. The fraction of sp³-hybridized carbons (Fsp3) is 0.400. The molecule has 2 nitrogen and oxygen atoms in total. The van der Waals surface area contributed by atoms with Crippen molar-refractivity contribution in [2.45, 2.75) is 31.8 Å². The number of rotatable bonds is 4. The molecule has 0 aliphatic heterocycles. The molecule has 1 aromatic rings. The van der Waals surface area contributed by atoms with Gasteiger partial charge in [0.1, 0.15) is 0 Å². The van der Waals surface area contributed by atoms with Crippen molar-refractivity contribution in [1.29, 1.82) is 0 Å². The summed E-state index contributed by atoms with van der Waals surface area (Å²) in [6, 6.07) is 10.5. The second kappa shape index (κ2) is 6.92. The Morgan fingerprint density at radius 3 is 2.72 bits per heavy atom. The van der Waals surface area contributed by atoms with Gasteiger partial charge in [0.2, 0.25) is 5.91 Å². The lowest BCUT2D eigenvalue weighted by Crippen LogP contribution is -2.40. The lowest BCUT2D eigenvalue weighted by Gasteiger charge is -2.31. The van der Waals surface area contributed by atoms with E-state index in [0.29, 0.717) is 4.43 Å². The first kappa shape index (κ1) is 13.6. The summed E-state index contributed by atoms with van der Waals surface area (Å²) in [6.45, 7) is 0.720. The third-order valence-electron chi connectivity index (χ3n) is 3.26. The number of hydrogen-bond acceptors (Lipinski definition) is 1. The SMILES string of the molecule is O=C(CI)N(Cc1ccccc1)C1C=CCCC1. The predicted octanol–water partition coefficient (Wildman–Crippen LogP) is 3.56. The highest BCUT2D eigenvalue weighted by Gasteiger charge is 2.21. The zero-order chi connectivity index (χ0) is 12.8. The molecular weight excluding hydrogens is 337 g/mol. The van der Waals surface area contributed by atoms with Gasteiger partial charge in [-0.05, 0) is 24.8 Å². The van der Waals surface area contributed by atoms with Gasteiger partial charge in [-0.2, -0.15) is 0 Å². The number of nitrogens with zero attached hydrogens (tertiary/aromatic N) is 1. The Labute approximate surface area is 122 Å². The van der Waals surface area contributed by atoms with Crippen molar-refractivity contribution in [3.05, 3.63) is 48.0 Å². The maximum absolute atomic E-state index is 12.1. The molecule has 3 heteroatoms. The van der Waals surface area contributed by atoms with Crippen LogP contribution < -0.4 is 0 Å². The van der Waals surface area contributed by atoms with E-state index in [2.05, 4.69) is 46.9 Å². The monoisotopic (exact) mass is 355 g/mol.